The topological polar surface area (TPSA) is 202 Å². The SMILES string of the molecule is CC[C@@H](C)[C@@H](C(CCN1CCC[C@H]1[C@H](OC)[C@@H](C)C(=O)N[C@@H](Cc1ccccc1)C(=O)O)OC)N(C)C(=O)[C@@H](NC(=O)[C@H](C(C)C)N(C)C(=O)CCOCCOCCN)C(C)C. The van der Waals surface area contributed by atoms with Gasteiger partial charge in [0.2, 0.25) is 23.6 Å². The Hall–Kier alpha value is -3.67. The molecule has 1 aromatic rings. The highest BCUT2D eigenvalue weighted by molar-refractivity contribution is 5.92. The minimum absolute atomic E-state index is 0.0434. The first-order valence-corrected chi connectivity index (χ1v) is 22.5. The van der Waals surface area contributed by atoms with Crippen LogP contribution in [-0.4, -0.2) is 166 Å². The van der Waals surface area contributed by atoms with E-state index in [-0.39, 0.29) is 73.1 Å². The molecule has 1 saturated heterocycles. The van der Waals surface area contributed by atoms with Crippen molar-refractivity contribution in [3.8, 4) is 0 Å². The number of hydrogen-bond donors (Lipinski definition) is 4. The van der Waals surface area contributed by atoms with Crippen LogP contribution >= 0.6 is 0 Å². The fourth-order valence-electron chi connectivity index (χ4n) is 8.60. The van der Waals surface area contributed by atoms with Crippen LogP contribution < -0.4 is 16.4 Å². The third-order valence-corrected chi connectivity index (χ3v) is 12.3. The van der Waals surface area contributed by atoms with Crippen LogP contribution in [0.5, 0.6) is 0 Å². The molecule has 16 heteroatoms. The molecule has 0 radical (unpaired) electrons. The number of aliphatic carboxylic acids is 1. The second-order valence-electron chi connectivity index (χ2n) is 17.4. The van der Waals surface area contributed by atoms with Gasteiger partial charge in [-0.15, -0.1) is 0 Å². The number of carboxylic acids is 1. The summed E-state index contributed by atoms with van der Waals surface area (Å²) in [6.07, 6.45) is 2.48. The van der Waals surface area contributed by atoms with E-state index in [1.54, 1.807) is 40.1 Å². The molecule has 0 spiro atoms. The van der Waals surface area contributed by atoms with Crippen molar-refractivity contribution < 1.29 is 48.0 Å². The Kier molecular flexibility index (Phi) is 24.8. The van der Waals surface area contributed by atoms with Crippen LogP contribution in [-0.2, 0) is 49.3 Å². The first kappa shape index (κ1) is 54.5. The number of nitrogens with one attached hydrogen (secondary N) is 2. The quantitative estimate of drug-likeness (QED) is 0.0825. The van der Waals surface area contributed by atoms with Crippen molar-refractivity contribution in [1.29, 1.82) is 0 Å². The molecule has 0 saturated carbocycles. The van der Waals surface area contributed by atoms with Crippen molar-refractivity contribution in [2.24, 2.45) is 29.4 Å². The lowest BCUT2D eigenvalue weighted by atomic mass is 9.89. The number of nitrogens with two attached hydrogens (primary N) is 1. The second-order valence-corrected chi connectivity index (χ2v) is 17.4. The lowest BCUT2D eigenvalue weighted by Gasteiger charge is -2.41. The Morgan fingerprint density at radius 2 is 1.52 bits per heavy atom. The molecule has 1 aromatic carbocycles. The zero-order valence-electron chi connectivity index (χ0n) is 39.5. The van der Waals surface area contributed by atoms with Gasteiger partial charge in [0.25, 0.3) is 0 Å². The molecule has 0 aromatic heterocycles. The van der Waals surface area contributed by atoms with Crippen LogP contribution in [0.15, 0.2) is 30.3 Å². The summed E-state index contributed by atoms with van der Waals surface area (Å²) in [4.78, 5) is 72.9. The number of methoxy groups -OCH3 is 2. The average Bonchev–Trinajstić information content (AvgIpc) is 3.71. The second kappa shape index (κ2) is 28.2. The van der Waals surface area contributed by atoms with Crippen molar-refractivity contribution in [2.75, 3.05) is 74.4 Å². The summed E-state index contributed by atoms with van der Waals surface area (Å²) in [6, 6.07) is 6.04. The van der Waals surface area contributed by atoms with E-state index in [1.165, 1.54) is 4.90 Å². The zero-order chi connectivity index (χ0) is 46.5. The molecule has 1 aliphatic heterocycles. The molecule has 9 atom stereocenters. The lowest BCUT2D eigenvalue weighted by Crippen LogP contribution is -2.60. The monoisotopic (exact) mass is 877 g/mol. The molecule has 1 unspecified atom stereocenters. The van der Waals surface area contributed by atoms with Crippen LogP contribution in [0.25, 0.3) is 0 Å². The molecule has 16 nitrogen and oxygen atoms in total. The number of ether oxygens (including phenoxy) is 4. The maximum absolute atomic E-state index is 14.5. The van der Waals surface area contributed by atoms with E-state index in [1.807, 2.05) is 58.0 Å². The molecular weight excluding hydrogens is 797 g/mol. The van der Waals surface area contributed by atoms with Crippen molar-refractivity contribution >= 4 is 29.6 Å². The van der Waals surface area contributed by atoms with Gasteiger partial charge < -0.3 is 50.2 Å². The summed E-state index contributed by atoms with van der Waals surface area (Å²) >= 11 is 0. The van der Waals surface area contributed by atoms with Crippen LogP contribution in [0, 0.1) is 23.7 Å². The molecule has 1 heterocycles. The Balaban J connectivity index is 2.18. The summed E-state index contributed by atoms with van der Waals surface area (Å²) in [5.41, 5.74) is 6.25. The van der Waals surface area contributed by atoms with Gasteiger partial charge in [0, 0.05) is 53.9 Å². The van der Waals surface area contributed by atoms with Crippen LogP contribution in [0.4, 0.5) is 0 Å². The normalized spacial score (nSPS) is 18.3. The van der Waals surface area contributed by atoms with Gasteiger partial charge in [-0.3, -0.25) is 24.1 Å². The van der Waals surface area contributed by atoms with E-state index < -0.39 is 42.0 Å². The van der Waals surface area contributed by atoms with Gasteiger partial charge >= 0.3 is 5.97 Å². The first-order chi connectivity index (χ1) is 29.4. The highest BCUT2D eigenvalue weighted by atomic mass is 16.5. The number of amides is 4. The van der Waals surface area contributed by atoms with Crippen molar-refractivity contribution in [3.63, 3.8) is 0 Å². The number of likely N-dealkylation sites (N-methyl/N-ethyl adjacent to an activating group) is 2. The molecule has 0 bridgehead atoms. The van der Waals surface area contributed by atoms with Crippen LogP contribution in [0.2, 0.25) is 0 Å². The molecule has 62 heavy (non-hydrogen) atoms. The van der Waals surface area contributed by atoms with Gasteiger partial charge in [-0.1, -0.05) is 85.2 Å². The van der Waals surface area contributed by atoms with Gasteiger partial charge in [-0.05, 0) is 49.1 Å². The molecule has 1 aliphatic rings. The molecule has 354 valence electrons. The number of likely N-dealkylation sites (tertiary alicyclic amines) is 1. The maximum Gasteiger partial charge on any atom is 0.326 e. The smallest absolute Gasteiger partial charge is 0.326 e. The fourth-order valence-corrected chi connectivity index (χ4v) is 8.60. The minimum Gasteiger partial charge on any atom is -0.480 e. The van der Waals surface area contributed by atoms with E-state index in [4.69, 9.17) is 24.7 Å². The van der Waals surface area contributed by atoms with E-state index in [0.717, 1.165) is 31.4 Å². The van der Waals surface area contributed by atoms with Crippen molar-refractivity contribution in [3.05, 3.63) is 35.9 Å². The molecular formula is C46H80N6O10. The van der Waals surface area contributed by atoms with Crippen molar-refractivity contribution in [1.82, 2.24) is 25.3 Å². The van der Waals surface area contributed by atoms with E-state index >= 15 is 0 Å². The Bertz CT molecular complexity index is 1500. The van der Waals surface area contributed by atoms with Gasteiger partial charge in [-0.25, -0.2) is 4.79 Å². The summed E-state index contributed by atoms with van der Waals surface area (Å²) in [5, 5.41) is 15.7. The molecule has 2 rings (SSSR count). The largest absolute Gasteiger partial charge is 0.480 e. The van der Waals surface area contributed by atoms with Crippen LogP contribution in [0.1, 0.15) is 86.1 Å². The standard InChI is InChI=1S/C46H80N6O10/c1-12-32(6)41(51(9)45(56)39(30(2)3)49-44(55)40(31(4)5)50(8)38(53)21-25-61-27-28-62-26-22-47)37(59-10)20-24-52-23-16-19-36(52)42(60-11)33(7)43(54)48-35(46(57)58)29-34-17-14-13-15-18-34/h13-15,17-18,30-33,35-37,39-42H,12,16,19-29,47H2,1-11H3,(H,48,54)(H,49,55)(H,57,58)/t32-,33-,35+,36+,37?,39+,40+,41+,42-/m1/s1. The highest BCUT2D eigenvalue weighted by Crippen LogP contribution is 2.29. The molecule has 4 amide bonds. The first-order valence-electron chi connectivity index (χ1n) is 22.5. The highest BCUT2D eigenvalue weighted by Gasteiger charge is 2.41. The number of hydrogen-bond acceptors (Lipinski definition) is 11. The zero-order valence-corrected chi connectivity index (χ0v) is 39.5. The molecule has 0 aliphatic carbocycles. The van der Waals surface area contributed by atoms with Gasteiger partial charge in [0.15, 0.2) is 0 Å². The minimum atomic E-state index is -1.10. The van der Waals surface area contributed by atoms with Gasteiger partial charge in [0.1, 0.15) is 18.1 Å². The summed E-state index contributed by atoms with van der Waals surface area (Å²) in [7, 11) is 6.62. The summed E-state index contributed by atoms with van der Waals surface area (Å²) in [5.74, 6) is -3.43. The molecule has 5 N–H and O–H groups in total. The fraction of sp³-hybridized carbons (Fsp3) is 0.761. The maximum atomic E-state index is 14.5. The Morgan fingerprint density at radius 3 is 2.06 bits per heavy atom. The van der Waals surface area contributed by atoms with E-state index in [2.05, 4.69) is 29.4 Å². The summed E-state index contributed by atoms with van der Waals surface area (Å²) < 4.78 is 23.0. The Morgan fingerprint density at radius 1 is 0.871 bits per heavy atom. The lowest BCUT2D eigenvalue weighted by molar-refractivity contribution is -0.146. The predicted octanol–water partition coefficient (Wildman–Crippen LogP) is 3.20. The number of carbonyl (C=O) groups excluding carboxylic acids is 4. The average molecular weight is 877 g/mol. The number of carboxylic acid groups (broad SMARTS) is 1. The van der Waals surface area contributed by atoms with Gasteiger partial charge in [0.05, 0.1) is 57.0 Å². The predicted molar refractivity (Wildman–Crippen MR) is 239 cm³/mol. The van der Waals surface area contributed by atoms with Crippen LogP contribution in [0.3, 0.4) is 0 Å². The number of benzene rings is 1. The molecule has 1 fully saturated rings. The van der Waals surface area contributed by atoms with E-state index in [9.17, 15) is 29.1 Å². The van der Waals surface area contributed by atoms with Crippen molar-refractivity contribution in [2.45, 2.75) is 129 Å². The number of nitrogens with zero attached hydrogens (tertiary/aromatic N) is 3. The Labute approximate surface area is 371 Å². The summed E-state index contributed by atoms with van der Waals surface area (Å²) in [6.45, 7) is 16.6. The third-order valence-electron chi connectivity index (χ3n) is 12.3. The number of carbonyl (C=O) groups is 5. The number of rotatable bonds is 30. The van der Waals surface area contributed by atoms with E-state index in [0.29, 0.717) is 39.3 Å². The van der Waals surface area contributed by atoms with Gasteiger partial charge in [-0.2, -0.15) is 0 Å². The third kappa shape index (κ3) is 16.5.